The van der Waals surface area contributed by atoms with E-state index < -0.39 is 58.2 Å². The predicted molar refractivity (Wildman–Crippen MR) is 197 cm³/mol. The molecule has 2 heterocycles. The SMILES string of the molecule is Cc1ccccc1CNC(=O)[C@H]1N(C(=O)[C@@H](O)[C@H](Cc2ccccc2)NC(=O)[C@@H](NC(=O)c2cc3ccccc3oc2=O)C(C)C)CSC1(C)C. The summed E-state index contributed by atoms with van der Waals surface area (Å²) in [6, 6.07) is 21.8. The van der Waals surface area contributed by atoms with Gasteiger partial charge in [-0.05, 0) is 61.9 Å². The quantitative estimate of drug-likeness (QED) is 0.161. The highest BCUT2D eigenvalue weighted by Crippen LogP contribution is 2.40. The van der Waals surface area contributed by atoms with E-state index >= 15 is 0 Å². The van der Waals surface area contributed by atoms with Gasteiger partial charge in [0.1, 0.15) is 23.2 Å². The molecule has 1 saturated heterocycles. The first-order valence-corrected chi connectivity index (χ1v) is 17.9. The molecule has 0 unspecified atom stereocenters. The second-order valence-corrected chi connectivity index (χ2v) is 15.3. The Balaban J connectivity index is 1.36. The number of amides is 4. The summed E-state index contributed by atoms with van der Waals surface area (Å²) in [5, 5.41) is 20.7. The fourth-order valence-electron chi connectivity index (χ4n) is 6.20. The van der Waals surface area contributed by atoms with E-state index in [9.17, 15) is 29.1 Å². The molecule has 5 rings (SSSR count). The molecule has 1 fully saturated rings. The third-order valence-electron chi connectivity index (χ3n) is 9.17. The summed E-state index contributed by atoms with van der Waals surface area (Å²) >= 11 is 1.42. The third kappa shape index (κ3) is 8.69. The fourth-order valence-corrected chi connectivity index (χ4v) is 7.34. The molecule has 1 aliphatic rings. The normalized spacial score (nSPS) is 17.1. The average molecular weight is 713 g/mol. The van der Waals surface area contributed by atoms with Gasteiger partial charge in [-0.2, -0.15) is 0 Å². The number of carbonyl (C=O) groups is 4. The number of fused-ring (bicyclic) bond motifs is 1. The predicted octanol–water partition coefficient (Wildman–Crippen LogP) is 3.94. The van der Waals surface area contributed by atoms with Crippen LogP contribution in [0.5, 0.6) is 0 Å². The molecule has 4 N–H and O–H groups in total. The topological polar surface area (TPSA) is 158 Å². The number of nitrogens with one attached hydrogen (secondary N) is 3. The molecule has 0 aliphatic carbocycles. The smallest absolute Gasteiger partial charge is 0.349 e. The molecule has 1 aromatic heterocycles. The van der Waals surface area contributed by atoms with Gasteiger partial charge in [-0.1, -0.05) is 86.6 Å². The van der Waals surface area contributed by atoms with Crippen molar-refractivity contribution >= 4 is 46.4 Å². The van der Waals surface area contributed by atoms with Crippen molar-refractivity contribution < 1.29 is 28.7 Å². The van der Waals surface area contributed by atoms with E-state index in [-0.39, 0.29) is 30.3 Å². The van der Waals surface area contributed by atoms with E-state index in [1.165, 1.54) is 22.7 Å². The van der Waals surface area contributed by atoms with Crippen molar-refractivity contribution in [3.05, 3.63) is 118 Å². The van der Waals surface area contributed by atoms with Crippen LogP contribution in [0.25, 0.3) is 11.0 Å². The summed E-state index contributed by atoms with van der Waals surface area (Å²) in [5.74, 6) is -2.78. The molecule has 12 heteroatoms. The lowest BCUT2D eigenvalue weighted by Crippen LogP contribution is -2.60. The van der Waals surface area contributed by atoms with Gasteiger partial charge in [0.05, 0.1) is 11.9 Å². The van der Waals surface area contributed by atoms with Crippen LogP contribution in [0.15, 0.2) is 94.1 Å². The maximum atomic E-state index is 14.1. The zero-order valence-corrected chi connectivity index (χ0v) is 30.2. The lowest BCUT2D eigenvalue weighted by Gasteiger charge is -2.34. The van der Waals surface area contributed by atoms with Crippen molar-refractivity contribution in [1.29, 1.82) is 0 Å². The summed E-state index contributed by atoms with van der Waals surface area (Å²) < 4.78 is 4.65. The molecule has 4 atom stereocenters. The van der Waals surface area contributed by atoms with Gasteiger partial charge in [-0.3, -0.25) is 19.2 Å². The Hall–Kier alpha value is -4.94. The first-order valence-electron chi connectivity index (χ1n) is 16.9. The minimum Gasteiger partial charge on any atom is -0.422 e. The van der Waals surface area contributed by atoms with Gasteiger partial charge in [-0.25, -0.2) is 4.79 Å². The average Bonchev–Trinajstić information content (AvgIpc) is 3.43. The summed E-state index contributed by atoms with van der Waals surface area (Å²) in [5.41, 5.74) is 1.94. The lowest BCUT2D eigenvalue weighted by atomic mass is 9.96. The van der Waals surface area contributed by atoms with E-state index in [4.69, 9.17) is 4.42 Å². The molecule has 0 bridgehead atoms. The van der Waals surface area contributed by atoms with E-state index in [1.807, 2.05) is 75.4 Å². The van der Waals surface area contributed by atoms with Crippen LogP contribution < -0.4 is 21.6 Å². The van der Waals surface area contributed by atoms with E-state index in [1.54, 1.807) is 38.1 Å². The number of benzene rings is 3. The number of thioether (sulfide) groups is 1. The van der Waals surface area contributed by atoms with Crippen molar-refractivity contribution in [2.24, 2.45) is 5.92 Å². The summed E-state index contributed by atoms with van der Waals surface area (Å²) in [6.45, 7) is 9.45. The number of nitrogens with zero attached hydrogens (tertiary/aromatic N) is 1. The third-order valence-corrected chi connectivity index (χ3v) is 10.5. The van der Waals surface area contributed by atoms with Crippen LogP contribution in [0.1, 0.15) is 54.7 Å². The highest BCUT2D eigenvalue weighted by atomic mass is 32.2. The Morgan fingerprint density at radius 3 is 2.33 bits per heavy atom. The van der Waals surface area contributed by atoms with Crippen LogP contribution in [0.3, 0.4) is 0 Å². The Morgan fingerprint density at radius 1 is 0.961 bits per heavy atom. The highest BCUT2D eigenvalue weighted by Gasteiger charge is 2.50. The number of aliphatic hydroxyl groups is 1. The zero-order valence-electron chi connectivity index (χ0n) is 29.3. The minimum atomic E-state index is -1.73. The van der Waals surface area contributed by atoms with E-state index in [2.05, 4.69) is 16.0 Å². The molecule has 0 spiro atoms. The largest absolute Gasteiger partial charge is 0.422 e. The number of hydrogen-bond donors (Lipinski definition) is 4. The van der Waals surface area contributed by atoms with Crippen molar-refractivity contribution in [3.63, 3.8) is 0 Å². The van der Waals surface area contributed by atoms with Crippen LogP contribution in [-0.4, -0.2) is 68.5 Å². The van der Waals surface area contributed by atoms with Gasteiger partial charge in [0.25, 0.3) is 11.8 Å². The van der Waals surface area contributed by atoms with Crippen molar-refractivity contribution in [1.82, 2.24) is 20.9 Å². The number of hydrogen-bond acceptors (Lipinski definition) is 8. The number of carbonyl (C=O) groups excluding carboxylic acids is 4. The molecule has 3 aromatic carbocycles. The van der Waals surface area contributed by atoms with Gasteiger partial charge >= 0.3 is 5.63 Å². The Labute approximate surface area is 301 Å². The van der Waals surface area contributed by atoms with Gasteiger partial charge in [0.15, 0.2) is 6.10 Å². The van der Waals surface area contributed by atoms with Gasteiger partial charge in [0.2, 0.25) is 11.8 Å². The Kier molecular flexibility index (Phi) is 11.7. The van der Waals surface area contributed by atoms with Crippen LogP contribution in [0.2, 0.25) is 0 Å². The molecule has 1 aliphatic heterocycles. The second kappa shape index (κ2) is 15.9. The first-order chi connectivity index (χ1) is 24.3. The van der Waals surface area contributed by atoms with Crippen LogP contribution >= 0.6 is 11.8 Å². The number of para-hydroxylation sites is 1. The second-order valence-electron chi connectivity index (χ2n) is 13.7. The molecule has 0 radical (unpaired) electrons. The molecule has 51 heavy (non-hydrogen) atoms. The molecular weight excluding hydrogens is 669 g/mol. The molecule has 11 nitrogen and oxygen atoms in total. The van der Waals surface area contributed by atoms with Crippen molar-refractivity contribution in [2.45, 2.75) is 76.6 Å². The van der Waals surface area contributed by atoms with Crippen LogP contribution in [-0.2, 0) is 27.3 Å². The monoisotopic (exact) mass is 712 g/mol. The molecule has 268 valence electrons. The van der Waals surface area contributed by atoms with Crippen molar-refractivity contribution in [2.75, 3.05) is 5.88 Å². The summed E-state index contributed by atoms with van der Waals surface area (Å²) in [4.78, 5) is 69.1. The van der Waals surface area contributed by atoms with Gasteiger partial charge < -0.3 is 30.4 Å². The number of rotatable bonds is 12. The number of aryl methyl sites for hydroxylation is 1. The maximum absolute atomic E-state index is 14.1. The first kappa shape index (κ1) is 37.3. The van der Waals surface area contributed by atoms with Crippen molar-refractivity contribution in [3.8, 4) is 0 Å². The molecular formula is C39H44N4O7S. The van der Waals surface area contributed by atoms with Gasteiger partial charge in [-0.15, -0.1) is 11.8 Å². The number of aliphatic hydroxyl groups excluding tert-OH is 1. The Bertz CT molecular complexity index is 1960. The summed E-state index contributed by atoms with van der Waals surface area (Å²) in [7, 11) is 0. The fraction of sp³-hybridized carbons (Fsp3) is 0.359. The maximum Gasteiger partial charge on any atom is 0.349 e. The van der Waals surface area contributed by atoms with Gasteiger partial charge in [0, 0.05) is 16.7 Å². The Morgan fingerprint density at radius 2 is 1.63 bits per heavy atom. The standard InChI is InChI=1S/C39H44N4O7S/c1-23(2)31(42-34(45)28-20-26-16-11-12-18-30(26)50-38(28)49)35(46)41-29(19-25-14-7-6-8-15-25)32(44)37(48)43-22-51-39(4,5)33(43)36(47)40-21-27-17-10-9-13-24(27)3/h6-18,20,23,29,31-33,44H,19,21-22H2,1-5H3,(H,40,47)(H,41,46)(H,42,45)/t29-,31-,32-,33+/m0/s1. The van der Waals surface area contributed by atoms with E-state index in [0.29, 0.717) is 11.0 Å². The molecule has 4 aromatic rings. The van der Waals surface area contributed by atoms with Crippen LogP contribution in [0, 0.1) is 12.8 Å². The highest BCUT2D eigenvalue weighted by molar-refractivity contribution is 8.00. The van der Waals surface area contributed by atoms with Crippen LogP contribution in [0.4, 0.5) is 0 Å². The molecule has 4 amide bonds. The zero-order chi connectivity index (χ0) is 36.9. The minimum absolute atomic E-state index is 0.0844. The lowest BCUT2D eigenvalue weighted by molar-refractivity contribution is -0.148. The molecule has 0 saturated carbocycles. The van der Waals surface area contributed by atoms with E-state index in [0.717, 1.165) is 16.7 Å². The summed E-state index contributed by atoms with van der Waals surface area (Å²) in [6.07, 6.45) is -1.65.